The minimum absolute atomic E-state index is 0.120. The van der Waals surface area contributed by atoms with Gasteiger partial charge in [-0.3, -0.25) is 4.98 Å². The van der Waals surface area contributed by atoms with Crippen molar-refractivity contribution >= 4 is 11.4 Å². The maximum atomic E-state index is 13.3. The number of aromatic nitrogens is 1. The lowest BCUT2D eigenvalue weighted by Crippen LogP contribution is -1.98. The molecule has 1 aromatic carbocycles. The first-order valence-electron chi connectivity index (χ1n) is 4.49. The molecule has 2 nitrogen and oxygen atoms in total. The van der Waals surface area contributed by atoms with Crippen LogP contribution in [0.15, 0.2) is 36.7 Å². The summed E-state index contributed by atoms with van der Waals surface area (Å²) in [4.78, 5) is 3.77. The fraction of sp³-hybridized carbons (Fsp3) is 0. The van der Waals surface area contributed by atoms with E-state index in [2.05, 4.69) is 10.3 Å². The summed E-state index contributed by atoms with van der Waals surface area (Å²) < 4.78 is 38.8. The van der Waals surface area contributed by atoms with Crippen LogP contribution in [0, 0.1) is 17.5 Å². The fourth-order valence-electron chi connectivity index (χ4n) is 1.21. The predicted octanol–water partition coefficient (Wildman–Crippen LogP) is 3.24. The van der Waals surface area contributed by atoms with Gasteiger partial charge < -0.3 is 5.32 Å². The molecule has 0 fully saturated rings. The van der Waals surface area contributed by atoms with Crippen LogP contribution < -0.4 is 5.32 Å². The molecule has 5 heteroatoms. The van der Waals surface area contributed by atoms with Crippen LogP contribution in [0.5, 0.6) is 0 Å². The Morgan fingerprint density at radius 1 is 0.875 bits per heavy atom. The van der Waals surface area contributed by atoms with E-state index >= 15 is 0 Å². The van der Waals surface area contributed by atoms with E-state index in [0.29, 0.717) is 5.69 Å². The molecule has 2 rings (SSSR count). The summed E-state index contributed by atoms with van der Waals surface area (Å²) in [5.41, 5.74) is 0.421. The van der Waals surface area contributed by atoms with Gasteiger partial charge in [0, 0.05) is 18.1 Å². The molecule has 0 aliphatic heterocycles. The molecule has 0 saturated carbocycles. The lowest BCUT2D eigenvalue weighted by molar-refractivity contribution is 0.449. The monoisotopic (exact) mass is 224 g/mol. The molecule has 0 atom stereocenters. The van der Waals surface area contributed by atoms with Crippen molar-refractivity contribution in [3.8, 4) is 0 Å². The second kappa shape index (κ2) is 4.22. The van der Waals surface area contributed by atoms with E-state index in [-0.39, 0.29) is 5.69 Å². The van der Waals surface area contributed by atoms with Crippen molar-refractivity contribution in [3.63, 3.8) is 0 Å². The van der Waals surface area contributed by atoms with Crippen LogP contribution in [0.4, 0.5) is 24.5 Å². The van der Waals surface area contributed by atoms with Gasteiger partial charge in [-0.05, 0) is 24.3 Å². The van der Waals surface area contributed by atoms with E-state index in [1.54, 1.807) is 12.1 Å². The highest BCUT2D eigenvalue weighted by Crippen LogP contribution is 2.22. The molecule has 0 amide bonds. The highest BCUT2D eigenvalue weighted by atomic mass is 19.2. The average molecular weight is 224 g/mol. The summed E-state index contributed by atoms with van der Waals surface area (Å²) >= 11 is 0. The van der Waals surface area contributed by atoms with Gasteiger partial charge in [-0.25, -0.2) is 13.2 Å². The van der Waals surface area contributed by atoms with E-state index < -0.39 is 17.5 Å². The third-order valence-electron chi connectivity index (χ3n) is 1.99. The number of halogens is 3. The van der Waals surface area contributed by atoms with Crippen molar-refractivity contribution in [2.45, 2.75) is 0 Å². The Balaban J connectivity index is 2.33. The predicted molar refractivity (Wildman–Crippen MR) is 53.8 cm³/mol. The number of hydrogen-bond donors (Lipinski definition) is 1. The second-order valence-corrected chi connectivity index (χ2v) is 3.08. The zero-order chi connectivity index (χ0) is 11.5. The highest BCUT2D eigenvalue weighted by Gasteiger charge is 2.12. The Morgan fingerprint density at radius 2 is 1.56 bits per heavy atom. The molecule has 0 radical (unpaired) electrons. The molecule has 0 unspecified atom stereocenters. The van der Waals surface area contributed by atoms with E-state index in [4.69, 9.17) is 0 Å². The molecule has 0 saturated heterocycles. The minimum atomic E-state index is -1.49. The lowest BCUT2D eigenvalue weighted by atomic mass is 10.2. The number of anilines is 2. The third-order valence-corrected chi connectivity index (χ3v) is 1.99. The molecule has 0 aliphatic rings. The second-order valence-electron chi connectivity index (χ2n) is 3.08. The van der Waals surface area contributed by atoms with Crippen molar-refractivity contribution in [1.82, 2.24) is 4.98 Å². The topological polar surface area (TPSA) is 24.9 Å². The summed E-state index contributed by atoms with van der Waals surface area (Å²) in [5.74, 6) is -3.94. The summed E-state index contributed by atoms with van der Waals surface area (Å²) in [6, 6.07) is 5.16. The van der Waals surface area contributed by atoms with Crippen LogP contribution in [0.25, 0.3) is 0 Å². The van der Waals surface area contributed by atoms with Gasteiger partial charge in [-0.15, -0.1) is 0 Å². The van der Waals surface area contributed by atoms with Gasteiger partial charge in [0.15, 0.2) is 17.5 Å². The highest BCUT2D eigenvalue weighted by molar-refractivity contribution is 5.59. The fourth-order valence-corrected chi connectivity index (χ4v) is 1.21. The first-order valence-corrected chi connectivity index (χ1v) is 4.49. The van der Waals surface area contributed by atoms with Crippen molar-refractivity contribution < 1.29 is 13.2 Å². The summed E-state index contributed by atoms with van der Waals surface area (Å²) in [7, 11) is 0. The van der Waals surface area contributed by atoms with Crippen LogP contribution in [0.3, 0.4) is 0 Å². The van der Waals surface area contributed by atoms with E-state index in [1.165, 1.54) is 12.4 Å². The number of pyridine rings is 1. The Hall–Kier alpha value is -2.04. The molecule has 2 aromatic rings. The van der Waals surface area contributed by atoms with Crippen LogP contribution >= 0.6 is 0 Å². The van der Waals surface area contributed by atoms with E-state index in [9.17, 15) is 13.2 Å². The maximum absolute atomic E-state index is 13.3. The SMILES string of the molecule is Fc1ccc(Nc2ccncc2)c(F)c1F. The first-order chi connectivity index (χ1) is 7.68. The Bertz CT molecular complexity index is 500. The van der Waals surface area contributed by atoms with Crippen molar-refractivity contribution in [2.24, 2.45) is 0 Å². The van der Waals surface area contributed by atoms with Gasteiger partial charge in [0.25, 0.3) is 0 Å². The largest absolute Gasteiger partial charge is 0.353 e. The quantitative estimate of drug-likeness (QED) is 0.792. The van der Waals surface area contributed by atoms with Crippen molar-refractivity contribution in [3.05, 3.63) is 54.1 Å². The minimum Gasteiger partial charge on any atom is -0.353 e. The van der Waals surface area contributed by atoms with Gasteiger partial charge in [-0.2, -0.15) is 0 Å². The first kappa shape index (κ1) is 10.5. The normalized spacial score (nSPS) is 10.2. The van der Waals surface area contributed by atoms with Gasteiger partial charge in [-0.1, -0.05) is 0 Å². The Kier molecular flexibility index (Phi) is 2.76. The number of nitrogens with zero attached hydrogens (tertiary/aromatic N) is 1. The van der Waals surface area contributed by atoms with E-state index in [0.717, 1.165) is 12.1 Å². The molecule has 0 aliphatic carbocycles. The van der Waals surface area contributed by atoms with Crippen LogP contribution in [0.1, 0.15) is 0 Å². The summed E-state index contributed by atoms with van der Waals surface area (Å²) in [6.45, 7) is 0. The van der Waals surface area contributed by atoms with Crippen molar-refractivity contribution in [2.75, 3.05) is 5.32 Å². The zero-order valence-corrected chi connectivity index (χ0v) is 8.05. The number of nitrogens with one attached hydrogen (secondary N) is 1. The van der Waals surface area contributed by atoms with Gasteiger partial charge >= 0.3 is 0 Å². The standard InChI is InChI=1S/C11H7F3N2/c12-8-1-2-9(11(14)10(8)13)16-7-3-5-15-6-4-7/h1-6H,(H,15,16). The molecule has 82 valence electrons. The molecule has 0 spiro atoms. The molecular formula is C11H7F3N2. The number of benzene rings is 1. The summed E-state index contributed by atoms with van der Waals surface area (Å²) in [6.07, 6.45) is 3.00. The molecule has 16 heavy (non-hydrogen) atoms. The smallest absolute Gasteiger partial charge is 0.196 e. The average Bonchev–Trinajstić information content (AvgIpc) is 2.31. The number of hydrogen-bond acceptors (Lipinski definition) is 2. The lowest BCUT2D eigenvalue weighted by Gasteiger charge is -2.07. The third kappa shape index (κ3) is 1.98. The number of rotatable bonds is 2. The van der Waals surface area contributed by atoms with Crippen LogP contribution in [0.2, 0.25) is 0 Å². The van der Waals surface area contributed by atoms with Gasteiger partial charge in [0.05, 0.1) is 5.69 Å². The van der Waals surface area contributed by atoms with Crippen molar-refractivity contribution in [1.29, 1.82) is 0 Å². The molecular weight excluding hydrogens is 217 g/mol. The molecule has 1 heterocycles. The molecule has 1 aromatic heterocycles. The summed E-state index contributed by atoms with van der Waals surface area (Å²) in [5, 5.41) is 2.62. The maximum Gasteiger partial charge on any atom is 0.196 e. The van der Waals surface area contributed by atoms with Crippen LogP contribution in [-0.2, 0) is 0 Å². The zero-order valence-electron chi connectivity index (χ0n) is 8.05. The molecule has 1 N–H and O–H groups in total. The van der Waals surface area contributed by atoms with E-state index in [1.807, 2.05) is 0 Å². The van der Waals surface area contributed by atoms with Crippen LogP contribution in [-0.4, -0.2) is 4.98 Å². The van der Waals surface area contributed by atoms with Gasteiger partial charge in [0.2, 0.25) is 0 Å². The Morgan fingerprint density at radius 3 is 2.25 bits per heavy atom. The molecule has 0 bridgehead atoms. The van der Waals surface area contributed by atoms with Gasteiger partial charge in [0.1, 0.15) is 0 Å². The Labute approximate surface area is 89.8 Å².